The Morgan fingerprint density at radius 2 is 2.21 bits per heavy atom. The second-order valence-electron chi connectivity index (χ2n) is 4.43. The van der Waals surface area contributed by atoms with Crippen LogP contribution in [-0.2, 0) is 0 Å². The maximum atomic E-state index is 12.3. The lowest BCUT2D eigenvalue weighted by molar-refractivity contribution is 0.0681. The maximum Gasteiger partial charge on any atom is 0.254 e. The molecule has 102 valence electrons. The predicted octanol–water partition coefficient (Wildman–Crippen LogP) is 0.758. The van der Waals surface area contributed by atoms with Crippen LogP contribution in [0.4, 0.5) is 0 Å². The summed E-state index contributed by atoms with van der Waals surface area (Å²) in [5, 5.41) is 9.11. The summed E-state index contributed by atoms with van der Waals surface area (Å²) in [7, 11) is 1.68. The van der Waals surface area contributed by atoms with E-state index in [-0.39, 0.29) is 18.6 Å². The fourth-order valence-corrected chi connectivity index (χ4v) is 1.66. The normalized spacial score (nSPS) is 11.4. The highest BCUT2D eigenvalue weighted by Gasteiger charge is 2.19. The molecule has 0 aliphatic heterocycles. The first-order valence-corrected chi connectivity index (χ1v) is 6.19. The summed E-state index contributed by atoms with van der Waals surface area (Å²) in [6.07, 6.45) is 0. The third-order valence-corrected chi connectivity index (χ3v) is 3.14. The van der Waals surface area contributed by atoms with Crippen molar-refractivity contribution in [3.63, 3.8) is 0 Å². The van der Waals surface area contributed by atoms with E-state index in [4.69, 9.17) is 10.8 Å². The zero-order valence-electron chi connectivity index (χ0n) is 11.6. The fourth-order valence-electron chi connectivity index (χ4n) is 1.66. The lowest BCUT2D eigenvalue weighted by Crippen LogP contribution is -2.37. The molecule has 3 N–H and O–H groups in total. The molecule has 0 radical (unpaired) electrons. The van der Waals surface area contributed by atoms with Gasteiger partial charge in [-0.15, -0.1) is 0 Å². The summed E-state index contributed by atoms with van der Waals surface area (Å²) in [6.45, 7) is 3.89. The highest BCUT2D eigenvalue weighted by molar-refractivity contribution is 5.96. The Hall–Kier alpha value is -1.83. The largest absolute Gasteiger partial charge is 0.394 e. The van der Waals surface area contributed by atoms with Gasteiger partial charge in [0.15, 0.2) is 0 Å². The molecule has 1 aromatic carbocycles. The molecule has 1 rings (SSSR count). The maximum absolute atomic E-state index is 12.3. The number of amides is 1. The Morgan fingerprint density at radius 3 is 2.79 bits per heavy atom. The van der Waals surface area contributed by atoms with Gasteiger partial charge in [-0.05, 0) is 31.5 Å². The number of carbonyl (C=O) groups is 1. The summed E-state index contributed by atoms with van der Waals surface area (Å²) in [4.78, 5) is 13.9. The minimum absolute atomic E-state index is 0.0616. The van der Waals surface area contributed by atoms with E-state index in [9.17, 15) is 4.79 Å². The summed E-state index contributed by atoms with van der Waals surface area (Å²) in [6, 6.07) is 5.22. The number of nitrogens with two attached hydrogens (primary N) is 1. The zero-order chi connectivity index (χ0) is 14.4. The summed E-state index contributed by atoms with van der Waals surface area (Å²) >= 11 is 0. The van der Waals surface area contributed by atoms with Gasteiger partial charge in [-0.25, -0.2) is 0 Å². The second-order valence-corrected chi connectivity index (χ2v) is 4.43. The number of hydrogen-bond donors (Lipinski definition) is 2. The first kappa shape index (κ1) is 15.2. The van der Waals surface area contributed by atoms with E-state index in [1.807, 2.05) is 13.0 Å². The third kappa shape index (κ3) is 3.57. The molecule has 0 fully saturated rings. The number of rotatable bonds is 3. The van der Waals surface area contributed by atoms with E-state index in [0.29, 0.717) is 12.1 Å². The van der Waals surface area contributed by atoms with Gasteiger partial charge in [0.25, 0.3) is 5.91 Å². The van der Waals surface area contributed by atoms with Crippen molar-refractivity contribution in [2.75, 3.05) is 20.2 Å². The number of benzene rings is 1. The molecular formula is C15H20N2O2. The molecule has 0 aliphatic carbocycles. The number of carbonyl (C=O) groups excluding carboxylic acids is 1. The Kier molecular flexibility index (Phi) is 5.56. The van der Waals surface area contributed by atoms with E-state index in [1.54, 1.807) is 26.1 Å². The van der Waals surface area contributed by atoms with E-state index in [0.717, 1.165) is 11.1 Å². The predicted molar refractivity (Wildman–Crippen MR) is 75.8 cm³/mol. The summed E-state index contributed by atoms with van der Waals surface area (Å²) in [5.74, 6) is 5.63. The molecular weight excluding hydrogens is 240 g/mol. The molecule has 1 aromatic rings. The molecule has 0 heterocycles. The highest BCUT2D eigenvalue weighted by Crippen LogP contribution is 2.15. The molecule has 0 aromatic heterocycles. The Bertz CT molecular complexity index is 515. The molecule has 1 amide bonds. The van der Waals surface area contributed by atoms with E-state index in [1.165, 1.54) is 4.90 Å². The van der Waals surface area contributed by atoms with Crippen molar-refractivity contribution < 1.29 is 9.90 Å². The summed E-state index contributed by atoms with van der Waals surface area (Å²) in [5.41, 5.74) is 7.60. The lowest BCUT2D eigenvalue weighted by Gasteiger charge is -2.24. The van der Waals surface area contributed by atoms with Crippen LogP contribution in [0, 0.1) is 18.8 Å². The van der Waals surface area contributed by atoms with Crippen LogP contribution in [0.3, 0.4) is 0 Å². The van der Waals surface area contributed by atoms with Crippen LogP contribution in [-0.4, -0.2) is 42.2 Å². The van der Waals surface area contributed by atoms with Crippen molar-refractivity contribution >= 4 is 5.91 Å². The van der Waals surface area contributed by atoms with Gasteiger partial charge >= 0.3 is 0 Å². The van der Waals surface area contributed by atoms with Gasteiger partial charge in [0.2, 0.25) is 0 Å². The number of aliphatic hydroxyl groups excluding tert-OH is 1. The van der Waals surface area contributed by atoms with Crippen molar-refractivity contribution in [1.29, 1.82) is 0 Å². The standard InChI is InChI=1S/C15H20N2O2/c1-11(10-18)17(3)15(19)14-8-4-6-13(12(14)2)7-5-9-16/h4,6,8,11,18H,9-10,16H2,1-3H3. The molecule has 4 nitrogen and oxygen atoms in total. The van der Waals surface area contributed by atoms with Gasteiger partial charge in [-0.3, -0.25) is 4.79 Å². The van der Waals surface area contributed by atoms with Crippen LogP contribution in [0.15, 0.2) is 18.2 Å². The van der Waals surface area contributed by atoms with Gasteiger partial charge in [0.05, 0.1) is 19.2 Å². The molecule has 4 heteroatoms. The van der Waals surface area contributed by atoms with Crippen molar-refractivity contribution in [3.8, 4) is 11.8 Å². The Balaban J connectivity index is 3.11. The van der Waals surface area contributed by atoms with Gasteiger partial charge in [-0.2, -0.15) is 0 Å². The number of aliphatic hydroxyl groups is 1. The SMILES string of the molecule is Cc1c(C#CCN)cccc1C(=O)N(C)C(C)CO. The quantitative estimate of drug-likeness (QED) is 0.788. The van der Waals surface area contributed by atoms with Gasteiger partial charge in [0.1, 0.15) is 0 Å². The third-order valence-electron chi connectivity index (χ3n) is 3.14. The molecule has 1 unspecified atom stereocenters. The molecule has 0 spiro atoms. The smallest absolute Gasteiger partial charge is 0.254 e. The van der Waals surface area contributed by atoms with E-state index in [2.05, 4.69) is 11.8 Å². The summed E-state index contributed by atoms with van der Waals surface area (Å²) < 4.78 is 0. The van der Waals surface area contributed by atoms with Crippen LogP contribution in [0.1, 0.15) is 28.4 Å². The first-order chi connectivity index (χ1) is 9.02. The highest BCUT2D eigenvalue weighted by atomic mass is 16.3. The van der Waals surface area contributed by atoms with Gasteiger partial charge in [-0.1, -0.05) is 17.9 Å². The molecule has 0 saturated heterocycles. The van der Waals surface area contributed by atoms with Crippen LogP contribution in [0.2, 0.25) is 0 Å². The molecule has 0 saturated carbocycles. The van der Waals surface area contributed by atoms with Crippen molar-refractivity contribution in [2.24, 2.45) is 5.73 Å². The van der Waals surface area contributed by atoms with Crippen LogP contribution in [0.5, 0.6) is 0 Å². The molecule has 0 bridgehead atoms. The van der Waals surface area contributed by atoms with Gasteiger partial charge < -0.3 is 15.7 Å². The molecule has 19 heavy (non-hydrogen) atoms. The fraction of sp³-hybridized carbons (Fsp3) is 0.400. The number of hydrogen-bond acceptors (Lipinski definition) is 3. The lowest BCUT2D eigenvalue weighted by atomic mass is 10.0. The second kappa shape index (κ2) is 6.93. The number of nitrogens with zero attached hydrogens (tertiary/aromatic N) is 1. The zero-order valence-corrected chi connectivity index (χ0v) is 11.6. The van der Waals surface area contributed by atoms with E-state index < -0.39 is 0 Å². The average Bonchev–Trinajstić information content (AvgIpc) is 2.43. The number of likely N-dealkylation sites (N-methyl/N-ethyl adjacent to an activating group) is 1. The van der Waals surface area contributed by atoms with Crippen molar-refractivity contribution in [3.05, 3.63) is 34.9 Å². The van der Waals surface area contributed by atoms with Gasteiger partial charge in [0, 0.05) is 18.2 Å². The molecule has 0 aliphatic rings. The molecule has 1 atom stereocenters. The monoisotopic (exact) mass is 260 g/mol. The van der Waals surface area contributed by atoms with Crippen molar-refractivity contribution in [1.82, 2.24) is 4.90 Å². The van der Waals surface area contributed by atoms with Crippen LogP contribution < -0.4 is 5.73 Å². The minimum Gasteiger partial charge on any atom is -0.394 e. The Morgan fingerprint density at radius 1 is 1.53 bits per heavy atom. The first-order valence-electron chi connectivity index (χ1n) is 6.19. The van der Waals surface area contributed by atoms with Crippen molar-refractivity contribution in [2.45, 2.75) is 19.9 Å². The van der Waals surface area contributed by atoms with E-state index >= 15 is 0 Å². The van der Waals surface area contributed by atoms with Crippen LogP contribution in [0.25, 0.3) is 0 Å². The minimum atomic E-state index is -0.217. The van der Waals surface area contributed by atoms with Crippen LogP contribution >= 0.6 is 0 Å². The average molecular weight is 260 g/mol. The Labute approximate surface area is 114 Å². The topological polar surface area (TPSA) is 66.6 Å².